The number of terminal acetylenes is 1. The SMILES string of the molecule is C#Cc1cccc(Cc2csc(C(=O)c3cncnc3N[C@@]3(COS(N)(=O)=O)CCC[C@@H]3O)c2)c1. The van der Waals surface area contributed by atoms with Crippen molar-refractivity contribution in [2.45, 2.75) is 37.3 Å². The maximum absolute atomic E-state index is 13.4. The normalized spacial score (nSPS) is 19.9. The molecule has 4 N–H and O–H groups in total. The minimum Gasteiger partial charge on any atom is -0.391 e. The number of nitrogens with one attached hydrogen (secondary N) is 1. The van der Waals surface area contributed by atoms with Crippen molar-refractivity contribution in [2.75, 3.05) is 11.9 Å². The van der Waals surface area contributed by atoms with E-state index >= 15 is 0 Å². The number of hydrogen-bond donors (Lipinski definition) is 3. The molecule has 2 atom stereocenters. The second kappa shape index (κ2) is 10.2. The summed E-state index contributed by atoms with van der Waals surface area (Å²) in [5.74, 6) is 2.50. The molecule has 1 fully saturated rings. The first-order chi connectivity index (χ1) is 16.7. The summed E-state index contributed by atoms with van der Waals surface area (Å²) in [5.41, 5.74) is 1.82. The van der Waals surface area contributed by atoms with E-state index in [1.165, 1.54) is 23.9 Å². The number of aliphatic hydroxyl groups excluding tert-OH is 1. The largest absolute Gasteiger partial charge is 0.391 e. The number of anilines is 1. The fourth-order valence-corrected chi connectivity index (χ4v) is 5.39. The number of rotatable bonds is 9. The molecule has 0 spiro atoms. The highest BCUT2D eigenvalue weighted by Gasteiger charge is 2.44. The van der Waals surface area contributed by atoms with Crippen LogP contribution in [0.25, 0.3) is 0 Å². The van der Waals surface area contributed by atoms with Gasteiger partial charge in [0, 0.05) is 11.8 Å². The van der Waals surface area contributed by atoms with Crippen molar-refractivity contribution in [1.82, 2.24) is 9.97 Å². The Hall–Kier alpha value is -3.14. The highest BCUT2D eigenvalue weighted by Crippen LogP contribution is 2.35. The number of ketones is 1. The number of aromatic nitrogens is 2. The Bertz CT molecular complexity index is 1380. The molecule has 0 radical (unpaired) electrons. The minimum absolute atomic E-state index is 0.181. The van der Waals surface area contributed by atoms with Gasteiger partial charge in [-0.1, -0.05) is 18.1 Å². The van der Waals surface area contributed by atoms with Gasteiger partial charge in [-0.05, 0) is 60.4 Å². The van der Waals surface area contributed by atoms with Crippen LogP contribution in [0.3, 0.4) is 0 Å². The number of carbonyl (C=O) groups excluding carboxylic acids is 1. The molecule has 0 amide bonds. The van der Waals surface area contributed by atoms with Gasteiger partial charge in [-0.2, -0.15) is 8.42 Å². The first-order valence-electron chi connectivity index (χ1n) is 10.8. The van der Waals surface area contributed by atoms with E-state index in [0.717, 1.165) is 16.7 Å². The summed E-state index contributed by atoms with van der Waals surface area (Å²) < 4.78 is 27.6. The van der Waals surface area contributed by atoms with Crippen LogP contribution in [0.15, 0.2) is 48.2 Å². The van der Waals surface area contributed by atoms with Gasteiger partial charge < -0.3 is 10.4 Å². The smallest absolute Gasteiger partial charge is 0.333 e. The number of aliphatic hydroxyl groups is 1. The molecule has 0 aliphatic heterocycles. The summed E-state index contributed by atoms with van der Waals surface area (Å²) >= 11 is 1.30. The summed E-state index contributed by atoms with van der Waals surface area (Å²) in [4.78, 5) is 22.1. The van der Waals surface area contributed by atoms with Crippen LogP contribution >= 0.6 is 11.3 Å². The monoisotopic (exact) mass is 512 g/mol. The van der Waals surface area contributed by atoms with Gasteiger partial charge in [-0.25, -0.2) is 15.1 Å². The molecule has 1 aliphatic rings. The topological polar surface area (TPSA) is 144 Å². The van der Waals surface area contributed by atoms with Crippen LogP contribution in [0, 0.1) is 12.3 Å². The van der Waals surface area contributed by atoms with Crippen molar-refractivity contribution in [3.8, 4) is 12.3 Å². The average molecular weight is 513 g/mol. The molecule has 11 heteroatoms. The third-order valence-electron chi connectivity index (χ3n) is 5.92. The zero-order valence-corrected chi connectivity index (χ0v) is 20.3. The van der Waals surface area contributed by atoms with Gasteiger partial charge in [0.25, 0.3) is 0 Å². The van der Waals surface area contributed by atoms with Crippen molar-refractivity contribution in [3.05, 3.63) is 75.4 Å². The van der Waals surface area contributed by atoms with E-state index in [0.29, 0.717) is 30.6 Å². The zero-order valence-electron chi connectivity index (χ0n) is 18.7. The van der Waals surface area contributed by atoms with Crippen LogP contribution < -0.4 is 10.5 Å². The molecule has 2 heterocycles. The van der Waals surface area contributed by atoms with E-state index < -0.39 is 28.6 Å². The molecule has 1 aliphatic carbocycles. The molecule has 0 saturated heterocycles. The Balaban J connectivity index is 1.57. The van der Waals surface area contributed by atoms with Crippen LogP contribution in [0.4, 0.5) is 5.82 Å². The number of hydrogen-bond acceptors (Lipinski definition) is 9. The first-order valence-corrected chi connectivity index (χ1v) is 13.2. The van der Waals surface area contributed by atoms with Gasteiger partial charge in [0.05, 0.1) is 28.7 Å². The van der Waals surface area contributed by atoms with Crippen LogP contribution in [0.1, 0.15) is 51.2 Å². The highest BCUT2D eigenvalue weighted by atomic mass is 32.2. The lowest BCUT2D eigenvalue weighted by molar-refractivity contribution is 0.0882. The number of nitrogens with zero attached hydrogens (tertiary/aromatic N) is 2. The van der Waals surface area contributed by atoms with E-state index in [1.54, 1.807) is 0 Å². The van der Waals surface area contributed by atoms with Gasteiger partial charge in [-0.3, -0.25) is 8.98 Å². The predicted octanol–water partition coefficient (Wildman–Crippen LogP) is 2.26. The van der Waals surface area contributed by atoms with Crippen LogP contribution in [0.5, 0.6) is 0 Å². The molecule has 182 valence electrons. The summed E-state index contributed by atoms with van der Waals surface area (Å²) in [6.07, 6.45) is 9.31. The molecule has 35 heavy (non-hydrogen) atoms. The van der Waals surface area contributed by atoms with Crippen molar-refractivity contribution in [1.29, 1.82) is 0 Å². The van der Waals surface area contributed by atoms with Crippen molar-refractivity contribution < 1.29 is 22.5 Å². The Kier molecular flexibility index (Phi) is 7.30. The Morgan fingerprint density at radius 3 is 2.91 bits per heavy atom. The maximum Gasteiger partial charge on any atom is 0.333 e. The highest BCUT2D eigenvalue weighted by molar-refractivity contribution is 7.84. The Labute approximate surface area is 207 Å². The molecular weight excluding hydrogens is 488 g/mol. The molecule has 0 bridgehead atoms. The van der Waals surface area contributed by atoms with Crippen molar-refractivity contribution >= 4 is 33.2 Å². The van der Waals surface area contributed by atoms with Gasteiger partial charge in [0.15, 0.2) is 0 Å². The molecule has 2 aromatic heterocycles. The van der Waals surface area contributed by atoms with Gasteiger partial charge >= 0.3 is 10.3 Å². The molecule has 9 nitrogen and oxygen atoms in total. The molecule has 0 unspecified atom stereocenters. The molecule has 4 rings (SSSR count). The van der Waals surface area contributed by atoms with Crippen LogP contribution in [0.2, 0.25) is 0 Å². The van der Waals surface area contributed by atoms with Gasteiger partial charge in [0.2, 0.25) is 5.78 Å². The summed E-state index contributed by atoms with van der Waals surface area (Å²) in [5, 5.41) is 20.6. The minimum atomic E-state index is -4.22. The second-order valence-electron chi connectivity index (χ2n) is 8.40. The van der Waals surface area contributed by atoms with E-state index in [2.05, 4.69) is 21.2 Å². The average Bonchev–Trinajstić information content (AvgIpc) is 3.44. The van der Waals surface area contributed by atoms with Crippen molar-refractivity contribution in [2.24, 2.45) is 5.14 Å². The lowest BCUT2D eigenvalue weighted by atomic mass is 9.95. The van der Waals surface area contributed by atoms with Crippen LogP contribution in [-0.2, 0) is 20.9 Å². The van der Waals surface area contributed by atoms with Crippen LogP contribution in [-0.4, -0.2) is 47.5 Å². The Morgan fingerprint density at radius 2 is 2.20 bits per heavy atom. The maximum atomic E-state index is 13.4. The predicted molar refractivity (Wildman–Crippen MR) is 132 cm³/mol. The molecular formula is C24H24N4O5S2. The fourth-order valence-electron chi connectivity index (χ4n) is 4.15. The summed E-state index contributed by atoms with van der Waals surface area (Å²) in [7, 11) is -4.22. The third kappa shape index (κ3) is 5.93. The van der Waals surface area contributed by atoms with Gasteiger partial charge in [0.1, 0.15) is 12.1 Å². The number of thiophene rings is 1. The number of carbonyl (C=O) groups is 1. The lowest BCUT2D eigenvalue weighted by Gasteiger charge is -2.34. The Morgan fingerprint density at radius 1 is 1.37 bits per heavy atom. The van der Waals surface area contributed by atoms with E-state index in [4.69, 9.17) is 15.7 Å². The third-order valence-corrected chi connectivity index (χ3v) is 7.35. The quantitative estimate of drug-likeness (QED) is 0.292. The zero-order chi connectivity index (χ0) is 25.1. The van der Waals surface area contributed by atoms with E-state index in [-0.39, 0.29) is 17.2 Å². The standard InChI is InChI=1S/C24H24N4O5S2/c1-2-16-5-3-6-17(9-16)10-18-11-20(34-13-18)22(30)19-12-26-15-27-23(19)28-24(8-4-7-21(24)29)14-33-35(25,31)32/h1,3,5-6,9,11-13,15,21,29H,4,7-8,10,14H2,(H2,25,31,32)(H,26,27,28)/t21-,24+/m0/s1. The molecule has 1 aromatic carbocycles. The number of benzene rings is 1. The number of nitrogens with two attached hydrogens (primary N) is 1. The fraction of sp³-hybridized carbons (Fsp3) is 0.292. The molecule has 1 saturated carbocycles. The molecule has 3 aromatic rings. The van der Waals surface area contributed by atoms with E-state index in [1.807, 2.05) is 35.7 Å². The lowest BCUT2D eigenvalue weighted by Crippen LogP contribution is -2.50. The van der Waals surface area contributed by atoms with E-state index in [9.17, 15) is 18.3 Å². The summed E-state index contributed by atoms with van der Waals surface area (Å²) in [6.45, 7) is -0.398. The summed E-state index contributed by atoms with van der Waals surface area (Å²) in [6, 6.07) is 9.48. The van der Waals surface area contributed by atoms with Gasteiger partial charge in [-0.15, -0.1) is 17.8 Å². The second-order valence-corrected chi connectivity index (χ2v) is 10.5. The first kappa shape index (κ1) is 25.0. The van der Waals surface area contributed by atoms with Crippen molar-refractivity contribution in [3.63, 3.8) is 0 Å².